The highest BCUT2D eigenvalue weighted by Crippen LogP contribution is 2.32. The van der Waals surface area contributed by atoms with E-state index in [-0.39, 0.29) is 0 Å². The van der Waals surface area contributed by atoms with E-state index >= 15 is 0 Å². The van der Waals surface area contributed by atoms with E-state index in [2.05, 4.69) is 23.4 Å². The minimum absolute atomic E-state index is 0.776. The molecule has 2 N–H and O–H groups in total. The molecule has 0 aliphatic carbocycles. The summed E-state index contributed by atoms with van der Waals surface area (Å²) in [4.78, 5) is 5.46. The zero-order valence-electron chi connectivity index (χ0n) is 6.57. The van der Waals surface area contributed by atoms with E-state index in [1.54, 1.807) is 17.5 Å². The molecule has 0 unspecified atom stereocenters. The van der Waals surface area contributed by atoms with Crippen LogP contribution in [0.3, 0.4) is 0 Å². The van der Waals surface area contributed by atoms with Crippen LogP contribution in [0.5, 0.6) is 0 Å². The molecule has 0 saturated carbocycles. The second-order valence-corrected chi connectivity index (χ2v) is 4.48. The number of nitrogens with zero attached hydrogens (tertiary/aromatic N) is 1. The van der Waals surface area contributed by atoms with Crippen LogP contribution >= 0.6 is 22.7 Å². The molecule has 0 spiro atoms. The Kier molecular flexibility index (Phi) is 1.86. The van der Waals surface area contributed by atoms with Crippen LogP contribution in [0.15, 0.2) is 17.6 Å². The van der Waals surface area contributed by atoms with Crippen LogP contribution in [-0.2, 0) is 0 Å². The van der Waals surface area contributed by atoms with E-state index in [9.17, 15) is 0 Å². The number of hydrogen-bond acceptors (Lipinski definition) is 4. The maximum absolute atomic E-state index is 5.60. The highest BCUT2D eigenvalue weighted by molar-refractivity contribution is 7.23. The largest absolute Gasteiger partial charge is 0.389 e. The molecule has 0 aliphatic rings. The van der Waals surface area contributed by atoms with Crippen molar-refractivity contribution in [2.45, 2.75) is 6.92 Å². The predicted octanol–water partition coefficient (Wildman–Crippen LogP) is 2.76. The molecular weight excluding hydrogens is 188 g/mol. The third-order valence-corrected chi connectivity index (χ3v) is 3.58. The number of thiophene rings is 1. The van der Waals surface area contributed by atoms with Crippen LogP contribution in [0.4, 0.5) is 5.00 Å². The number of anilines is 1. The molecule has 2 aromatic heterocycles. The fourth-order valence-electron chi connectivity index (χ4n) is 0.983. The SMILES string of the molecule is Cc1ccsc1-c1ncc(N)s1. The summed E-state index contributed by atoms with van der Waals surface area (Å²) >= 11 is 3.25. The van der Waals surface area contributed by atoms with Gasteiger partial charge in [-0.1, -0.05) is 11.3 Å². The molecule has 2 heterocycles. The molecule has 0 bridgehead atoms. The van der Waals surface area contributed by atoms with Gasteiger partial charge in [-0.3, -0.25) is 0 Å². The molecule has 2 nitrogen and oxygen atoms in total. The number of aryl methyl sites for hydroxylation is 1. The molecule has 2 aromatic rings. The van der Waals surface area contributed by atoms with Crippen molar-refractivity contribution in [1.29, 1.82) is 0 Å². The first-order chi connectivity index (χ1) is 5.77. The lowest BCUT2D eigenvalue weighted by Crippen LogP contribution is -1.73. The van der Waals surface area contributed by atoms with Gasteiger partial charge < -0.3 is 5.73 Å². The van der Waals surface area contributed by atoms with E-state index in [0.717, 1.165) is 10.0 Å². The van der Waals surface area contributed by atoms with Crippen LogP contribution < -0.4 is 5.73 Å². The highest BCUT2D eigenvalue weighted by atomic mass is 32.1. The van der Waals surface area contributed by atoms with Crippen molar-refractivity contribution in [2.24, 2.45) is 0 Å². The first kappa shape index (κ1) is 7.76. The third-order valence-electron chi connectivity index (χ3n) is 1.58. The van der Waals surface area contributed by atoms with Crippen LogP contribution in [0, 0.1) is 6.92 Å². The lowest BCUT2D eigenvalue weighted by molar-refractivity contribution is 1.41. The molecule has 12 heavy (non-hydrogen) atoms. The van der Waals surface area contributed by atoms with Gasteiger partial charge >= 0.3 is 0 Å². The Balaban J connectivity index is 2.50. The molecule has 0 radical (unpaired) electrons. The maximum Gasteiger partial charge on any atom is 0.135 e. The Labute approximate surface area is 78.7 Å². The van der Waals surface area contributed by atoms with Gasteiger partial charge in [0.05, 0.1) is 11.1 Å². The summed E-state index contributed by atoms with van der Waals surface area (Å²) < 4.78 is 0. The van der Waals surface area contributed by atoms with Gasteiger partial charge in [-0.25, -0.2) is 4.98 Å². The second-order valence-electron chi connectivity index (χ2n) is 2.50. The van der Waals surface area contributed by atoms with E-state index in [4.69, 9.17) is 5.73 Å². The van der Waals surface area contributed by atoms with E-state index in [1.807, 2.05) is 0 Å². The Bertz CT molecular complexity index is 389. The van der Waals surface area contributed by atoms with Gasteiger partial charge in [0, 0.05) is 0 Å². The lowest BCUT2D eigenvalue weighted by atomic mass is 10.3. The zero-order valence-corrected chi connectivity index (χ0v) is 8.21. The van der Waals surface area contributed by atoms with E-state index in [0.29, 0.717) is 0 Å². The molecule has 0 aromatic carbocycles. The Morgan fingerprint density at radius 1 is 1.50 bits per heavy atom. The molecule has 0 atom stereocenters. The van der Waals surface area contributed by atoms with Gasteiger partial charge in [-0.2, -0.15) is 0 Å². The van der Waals surface area contributed by atoms with Crippen molar-refractivity contribution < 1.29 is 0 Å². The molecule has 4 heteroatoms. The Morgan fingerprint density at radius 2 is 2.33 bits per heavy atom. The standard InChI is InChI=1S/C8H8N2S2/c1-5-2-3-11-7(5)8-10-4-6(9)12-8/h2-4H,9H2,1H3. The molecule has 0 fully saturated rings. The summed E-state index contributed by atoms with van der Waals surface area (Å²) in [6.45, 7) is 2.09. The van der Waals surface area contributed by atoms with Crippen molar-refractivity contribution in [2.75, 3.05) is 5.73 Å². The van der Waals surface area contributed by atoms with Crippen molar-refractivity contribution in [3.8, 4) is 9.88 Å². The Hall–Kier alpha value is -0.870. The number of hydrogen-bond donors (Lipinski definition) is 1. The number of aromatic nitrogens is 1. The second kappa shape index (κ2) is 2.88. The highest BCUT2D eigenvalue weighted by Gasteiger charge is 2.06. The molecule has 2 rings (SSSR count). The molecule has 0 saturated heterocycles. The summed E-state index contributed by atoms with van der Waals surface area (Å²) in [5.41, 5.74) is 6.87. The van der Waals surface area contributed by atoms with Crippen molar-refractivity contribution in [3.63, 3.8) is 0 Å². The van der Waals surface area contributed by atoms with Crippen molar-refractivity contribution in [1.82, 2.24) is 4.98 Å². The van der Waals surface area contributed by atoms with Gasteiger partial charge in [-0.05, 0) is 23.9 Å². The number of rotatable bonds is 1. The smallest absolute Gasteiger partial charge is 0.135 e. The predicted molar refractivity (Wildman–Crippen MR) is 54.6 cm³/mol. The van der Waals surface area contributed by atoms with Gasteiger partial charge in [0.15, 0.2) is 0 Å². The average Bonchev–Trinajstić information content (AvgIpc) is 2.58. The Morgan fingerprint density at radius 3 is 2.83 bits per heavy atom. The monoisotopic (exact) mass is 196 g/mol. The third kappa shape index (κ3) is 1.23. The lowest BCUT2D eigenvalue weighted by Gasteiger charge is -1.90. The summed E-state index contributed by atoms with van der Waals surface area (Å²) in [5.74, 6) is 0. The van der Waals surface area contributed by atoms with Crippen LogP contribution in [-0.4, -0.2) is 4.98 Å². The van der Waals surface area contributed by atoms with Crippen molar-refractivity contribution in [3.05, 3.63) is 23.2 Å². The van der Waals surface area contributed by atoms with Gasteiger partial charge in [0.1, 0.15) is 10.0 Å². The maximum atomic E-state index is 5.60. The number of nitrogen functional groups attached to an aromatic ring is 1. The summed E-state index contributed by atoms with van der Waals surface area (Å²) in [5, 5.41) is 3.88. The fourth-order valence-corrected chi connectivity index (χ4v) is 2.76. The van der Waals surface area contributed by atoms with Gasteiger partial charge in [0.25, 0.3) is 0 Å². The first-order valence-corrected chi connectivity index (χ1v) is 5.23. The first-order valence-electron chi connectivity index (χ1n) is 3.53. The average molecular weight is 196 g/mol. The van der Waals surface area contributed by atoms with Gasteiger partial charge in [-0.15, -0.1) is 11.3 Å². The van der Waals surface area contributed by atoms with E-state index < -0.39 is 0 Å². The normalized spacial score (nSPS) is 10.4. The zero-order chi connectivity index (χ0) is 8.55. The molecule has 0 aliphatic heterocycles. The number of nitrogens with two attached hydrogens (primary N) is 1. The fraction of sp³-hybridized carbons (Fsp3) is 0.125. The minimum atomic E-state index is 0.776. The molecule has 62 valence electrons. The van der Waals surface area contributed by atoms with Gasteiger partial charge in [0.2, 0.25) is 0 Å². The molecule has 0 amide bonds. The minimum Gasteiger partial charge on any atom is -0.389 e. The van der Waals surface area contributed by atoms with E-state index in [1.165, 1.54) is 21.8 Å². The van der Waals surface area contributed by atoms with Crippen LogP contribution in [0.2, 0.25) is 0 Å². The van der Waals surface area contributed by atoms with Crippen LogP contribution in [0.1, 0.15) is 5.56 Å². The van der Waals surface area contributed by atoms with Crippen molar-refractivity contribution >= 4 is 27.7 Å². The quantitative estimate of drug-likeness (QED) is 0.761. The summed E-state index contributed by atoms with van der Waals surface area (Å²) in [7, 11) is 0. The molecular formula is C8H8N2S2. The van der Waals surface area contributed by atoms with Crippen LogP contribution in [0.25, 0.3) is 9.88 Å². The number of thiazole rings is 1. The summed E-state index contributed by atoms with van der Waals surface area (Å²) in [6.07, 6.45) is 1.71. The topological polar surface area (TPSA) is 38.9 Å². The summed E-state index contributed by atoms with van der Waals surface area (Å²) in [6, 6.07) is 2.09.